The first-order valence-electron chi connectivity index (χ1n) is 8.35. The van der Waals surface area contributed by atoms with E-state index in [4.69, 9.17) is 0 Å². The van der Waals surface area contributed by atoms with E-state index in [9.17, 15) is 14.7 Å². The predicted molar refractivity (Wildman–Crippen MR) is 86.4 cm³/mol. The fraction of sp³-hybridized carbons (Fsp3) is 0.588. The van der Waals surface area contributed by atoms with Crippen LogP contribution in [0.15, 0.2) is 12.3 Å². The first-order valence-corrected chi connectivity index (χ1v) is 8.35. The molecule has 1 saturated carbocycles. The molecule has 1 heterocycles. The molecule has 124 valence electrons. The van der Waals surface area contributed by atoms with Crippen molar-refractivity contribution in [3.63, 3.8) is 0 Å². The highest BCUT2D eigenvalue weighted by atomic mass is 16.4. The van der Waals surface area contributed by atoms with Crippen molar-refractivity contribution < 1.29 is 14.7 Å². The summed E-state index contributed by atoms with van der Waals surface area (Å²) in [5.41, 5.74) is 1.75. The smallest absolute Gasteiger partial charge is 0.320 e. The van der Waals surface area contributed by atoms with Crippen molar-refractivity contribution in [3.05, 3.63) is 23.4 Å². The molecule has 0 radical (unpaired) electrons. The molecule has 2 aliphatic rings. The number of hydrogen-bond acceptors (Lipinski definition) is 3. The van der Waals surface area contributed by atoms with Crippen molar-refractivity contribution in [1.82, 2.24) is 10.3 Å². The van der Waals surface area contributed by atoms with E-state index >= 15 is 0 Å². The maximum absolute atomic E-state index is 12.0. The van der Waals surface area contributed by atoms with Crippen molar-refractivity contribution in [1.29, 1.82) is 0 Å². The molecule has 23 heavy (non-hydrogen) atoms. The Bertz CT molecular complexity index is 611. The average Bonchev–Trinajstić information content (AvgIpc) is 2.70. The number of fused-ring (bicyclic) bond motifs is 1. The van der Waals surface area contributed by atoms with E-state index in [1.165, 1.54) is 30.4 Å². The monoisotopic (exact) mass is 317 g/mol. The third-order valence-corrected chi connectivity index (χ3v) is 5.07. The van der Waals surface area contributed by atoms with E-state index in [0.29, 0.717) is 18.7 Å². The Hall–Kier alpha value is -2.11. The van der Waals surface area contributed by atoms with Gasteiger partial charge in [0.2, 0.25) is 0 Å². The van der Waals surface area contributed by atoms with Gasteiger partial charge in [0.15, 0.2) is 0 Å². The highest BCUT2D eigenvalue weighted by Gasteiger charge is 2.44. The number of carbonyl (C=O) groups is 2. The number of nitrogens with zero attached hydrogens (tertiary/aromatic N) is 1. The van der Waals surface area contributed by atoms with Crippen molar-refractivity contribution >= 4 is 17.8 Å². The van der Waals surface area contributed by atoms with Crippen LogP contribution in [0.25, 0.3) is 0 Å². The van der Waals surface area contributed by atoms with Gasteiger partial charge in [-0.15, -0.1) is 0 Å². The predicted octanol–water partition coefficient (Wildman–Crippen LogP) is 2.73. The molecule has 0 aliphatic heterocycles. The molecule has 1 aromatic rings. The molecule has 3 rings (SSSR count). The largest absolute Gasteiger partial charge is 0.481 e. The van der Waals surface area contributed by atoms with E-state index in [0.717, 1.165) is 19.3 Å². The Morgan fingerprint density at radius 3 is 2.52 bits per heavy atom. The summed E-state index contributed by atoms with van der Waals surface area (Å²) in [7, 11) is 0. The van der Waals surface area contributed by atoms with Gasteiger partial charge in [0.1, 0.15) is 5.82 Å². The number of urea groups is 1. The average molecular weight is 317 g/mol. The van der Waals surface area contributed by atoms with Crippen molar-refractivity contribution in [2.24, 2.45) is 5.41 Å². The van der Waals surface area contributed by atoms with Crippen LogP contribution < -0.4 is 10.6 Å². The van der Waals surface area contributed by atoms with E-state index in [-0.39, 0.29) is 6.54 Å². The third kappa shape index (κ3) is 3.46. The highest BCUT2D eigenvalue weighted by molar-refractivity contribution is 5.89. The Balaban J connectivity index is 1.58. The zero-order valence-corrected chi connectivity index (χ0v) is 13.2. The van der Waals surface area contributed by atoms with Crippen LogP contribution in [-0.2, 0) is 17.6 Å². The third-order valence-electron chi connectivity index (χ3n) is 5.07. The van der Waals surface area contributed by atoms with E-state index in [1.807, 2.05) is 12.3 Å². The lowest BCUT2D eigenvalue weighted by Crippen LogP contribution is -2.48. The lowest BCUT2D eigenvalue weighted by atomic mass is 9.69. The van der Waals surface area contributed by atoms with Crippen LogP contribution in [0, 0.1) is 5.41 Å². The molecular formula is C17H23N3O3. The van der Waals surface area contributed by atoms with Gasteiger partial charge < -0.3 is 10.4 Å². The number of carboxylic acid groups (broad SMARTS) is 1. The summed E-state index contributed by atoms with van der Waals surface area (Å²) in [6, 6.07) is 1.55. The highest BCUT2D eigenvalue weighted by Crippen LogP contribution is 2.40. The maximum Gasteiger partial charge on any atom is 0.320 e. The number of aliphatic carboxylic acids is 1. The second-order valence-electron chi connectivity index (χ2n) is 6.65. The summed E-state index contributed by atoms with van der Waals surface area (Å²) in [4.78, 5) is 27.6. The fourth-order valence-corrected chi connectivity index (χ4v) is 3.34. The lowest BCUT2D eigenvalue weighted by Gasteiger charge is -2.37. The molecule has 0 atom stereocenters. The number of rotatable bonds is 4. The summed E-state index contributed by atoms with van der Waals surface area (Å²) in [6.07, 6.45) is 9.67. The molecule has 1 aromatic heterocycles. The normalized spacial score (nSPS) is 19.0. The SMILES string of the molecule is O=C(NCC1(C(=O)O)CCC1)Nc1cc2c(cn1)CCCCC2. The van der Waals surface area contributed by atoms with Gasteiger partial charge >= 0.3 is 12.0 Å². The van der Waals surface area contributed by atoms with Gasteiger partial charge in [-0.2, -0.15) is 0 Å². The van der Waals surface area contributed by atoms with Crippen LogP contribution in [0.3, 0.4) is 0 Å². The van der Waals surface area contributed by atoms with E-state index in [2.05, 4.69) is 15.6 Å². The van der Waals surface area contributed by atoms with Gasteiger partial charge in [0, 0.05) is 12.7 Å². The molecule has 2 aliphatic carbocycles. The second-order valence-corrected chi connectivity index (χ2v) is 6.65. The minimum absolute atomic E-state index is 0.166. The summed E-state index contributed by atoms with van der Waals surface area (Å²) in [5.74, 6) is -0.298. The topological polar surface area (TPSA) is 91.3 Å². The summed E-state index contributed by atoms with van der Waals surface area (Å²) >= 11 is 0. The number of carbonyl (C=O) groups excluding carboxylic acids is 1. The van der Waals surface area contributed by atoms with Gasteiger partial charge in [-0.1, -0.05) is 12.8 Å². The number of hydrogen-bond donors (Lipinski definition) is 3. The maximum atomic E-state index is 12.0. The zero-order valence-electron chi connectivity index (χ0n) is 13.2. The molecule has 0 spiro atoms. The molecule has 6 heteroatoms. The molecule has 0 saturated heterocycles. The Kier molecular flexibility index (Phi) is 4.50. The van der Waals surface area contributed by atoms with Gasteiger partial charge in [-0.25, -0.2) is 9.78 Å². The molecule has 6 nitrogen and oxygen atoms in total. The molecule has 1 fully saturated rings. The van der Waals surface area contributed by atoms with Crippen LogP contribution in [0.5, 0.6) is 0 Å². The van der Waals surface area contributed by atoms with Crippen LogP contribution >= 0.6 is 0 Å². The van der Waals surface area contributed by atoms with Crippen LogP contribution in [0.4, 0.5) is 10.6 Å². The Morgan fingerprint density at radius 1 is 1.13 bits per heavy atom. The molecule has 0 bridgehead atoms. The van der Waals surface area contributed by atoms with Crippen molar-refractivity contribution in [2.75, 3.05) is 11.9 Å². The quantitative estimate of drug-likeness (QED) is 0.745. The van der Waals surface area contributed by atoms with Gasteiger partial charge in [-0.05, 0) is 55.7 Å². The first kappa shape index (κ1) is 15.8. The van der Waals surface area contributed by atoms with E-state index in [1.54, 1.807) is 0 Å². The van der Waals surface area contributed by atoms with Gasteiger partial charge in [0.05, 0.1) is 5.41 Å². The second kappa shape index (κ2) is 6.56. The number of aromatic nitrogens is 1. The number of anilines is 1. The van der Waals surface area contributed by atoms with Crippen molar-refractivity contribution in [2.45, 2.75) is 51.4 Å². The minimum Gasteiger partial charge on any atom is -0.481 e. The number of nitrogens with one attached hydrogen (secondary N) is 2. The lowest BCUT2D eigenvalue weighted by molar-refractivity contribution is -0.153. The summed E-state index contributed by atoms with van der Waals surface area (Å²) < 4.78 is 0. The number of carboxylic acids is 1. The number of pyridine rings is 1. The molecule has 2 amide bonds. The molecule has 3 N–H and O–H groups in total. The van der Waals surface area contributed by atoms with Crippen LogP contribution in [-0.4, -0.2) is 28.6 Å². The Morgan fingerprint density at radius 2 is 1.87 bits per heavy atom. The van der Waals surface area contributed by atoms with Crippen molar-refractivity contribution in [3.8, 4) is 0 Å². The standard InChI is InChI=1S/C17H23N3O3/c21-15(22)17(7-4-8-17)11-19-16(23)20-14-9-12-5-2-1-3-6-13(12)10-18-14/h9-10H,1-8,11H2,(H,21,22)(H2,18,19,20,23). The molecule has 0 aromatic carbocycles. The number of amides is 2. The fourth-order valence-electron chi connectivity index (χ4n) is 3.34. The summed E-state index contributed by atoms with van der Waals surface area (Å²) in [6.45, 7) is 0.166. The zero-order chi connectivity index (χ0) is 16.3. The first-order chi connectivity index (χ1) is 11.1. The van der Waals surface area contributed by atoms with Crippen LogP contribution in [0.1, 0.15) is 49.7 Å². The van der Waals surface area contributed by atoms with E-state index < -0.39 is 17.4 Å². The molecule has 0 unspecified atom stereocenters. The Labute approximate surface area is 135 Å². The van der Waals surface area contributed by atoms with Gasteiger partial charge in [0.25, 0.3) is 0 Å². The molecular weight excluding hydrogens is 294 g/mol. The minimum atomic E-state index is -0.827. The van der Waals surface area contributed by atoms with Crippen LogP contribution in [0.2, 0.25) is 0 Å². The van der Waals surface area contributed by atoms with Gasteiger partial charge in [-0.3, -0.25) is 10.1 Å². The summed E-state index contributed by atoms with van der Waals surface area (Å²) in [5, 5.41) is 14.7. The number of aryl methyl sites for hydroxylation is 2.